The number of hydrogen-bond acceptors (Lipinski definition) is 4. The molecule has 0 saturated carbocycles. The van der Waals surface area contributed by atoms with E-state index in [9.17, 15) is 18.0 Å². The summed E-state index contributed by atoms with van der Waals surface area (Å²) in [5, 5.41) is 0. The Labute approximate surface area is 108 Å². The molecular weight excluding hydrogens is 265 g/mol. The van der Waals surface area contributed by atoms with Crippen molar-refractivity contribution in [1.29, 1.82) is 0 Å². The van der Waals surface area contributed by atoms with Crippen molar-refractivity contribution in [3.63, 3.8) is 0 Å². The summed E-state index contributed by atoms with van der Waals surface area (Å²) in [5.74, 6) is -0.921. The van der Waals surface area contributed by atoms with E-state index in [-0.39, 0.29) is 24.5 Å². The predicted octanol–water partition coefficient (Wildman–Crippen LogP) is 2.52. The van der Waals surface area contributed by atoms with Crippen LogP contribution in [-0.2, 0) is 15.7 Å². The topological polar surface area (TPSA) is 44.8 Å². The fourth-order valence-electron chi connectivity index (χ4n) is 1.32. The summed E-state index contributed by atoms with van der Waals surface area (Å²) in [6, 6.07) is 2.73. The van der Waals surface area contributed by atoms with Crippen LogP contribution in [-0.4, -0.2) is 33.4 Å². The van der Waals surface area contributed by atoms with E-state index in [0.29, 0.717) is 0 Å². The third kappa shape index (κ3) is 4.44. The second-order valence-electron chi connectivity index (χ2n) is 3.58. The summed E-state index contributed by atoms with van der Waals surface area (Å²) in [7, 11) is 2.53. The maximum atomic E-state index is 12.7. The molecule has 0 heterocycles. The second-order valence-corrected chi connectivity index (χ2v) is 3.58. The number of rotatable bonds is 5. The van der Waals surface area contributed by atoms with Gasteiger partial charge in [0.2, 0.25) is 0 Å². The van der Waals surface area contributed by atoms with E-state index in [0.717, 1.165) is 19.2 Å². The first-order chi connectivity index (χ1) is 8.88. The van der Waals surface area contributed by atoms with E-state index in [1.165, 1.54) is 13.2 Å². The molecule has 4 nitrogen and oxygen atoms in total. The van der Waals surface area contributed by atoms with Gasteiger partial charge in [0, 0.05) is 7.11 Å². The number of halogens is 3. The van der Waals surface area contributed by atoms with Gasteiger partial charge >= 0.3 is 12.1 Å². The highest BCUT2D eigenvalue weighted by molar-refractivity contribution is 5.90. The summed E-state index contributed by atoms with van der Waals surface area (Å²) in [4.78, 5) is 11.3. The van der Waals surface area contributed by atoms with E-state index in [1.54, 1.807) is 0 Å². The van der Waals surface area contributed by atoms with Crippen molar-refractivity contribution >= 4 is 5.97 Å². The maximum Gasteiger partial charge on any atom is 0.416 e. The molecule has 106 valence electrons. The van der Waals surface area contributed by atoms with E-state index in [1.807, 2.05) is 0 Å². The molecule has 0 atom stereocenters. The van der Waals surface area contributed by atoms with Gasteiger partial charge in [-0.05, 0) is 18.2 Å². The lowest BCUT2D eigenvalue weighted by molar-refractivity contribution is -0.137. The summed E-state index contributed by atoms with van der Waals surface area (Å²) in [6.07, 6.45) is -4.57. The molecule has 0 spiro atoms. The molecule has 1 aromatic rings. The molecule has 7 heteroatoms. The molecule has 0 aliphatic rings. The molecule has 0 aliphatic heterocycles. The molecule has 0 saturated heterocycles. The summed E-state index contributed by atoms with van der Waals surface area (Å²) in [6.45, 7) is 0.308. The van der Waals surface area contributed by atoms with Crippen LogP contribution < -0.4 is 4.74 Å². The smallest absolute Gasteiger partial charge is 0.416 e. The largest absolute Gasteiger partial charge is 0.491 e. The monoisotopic (exact) mass is 278 g/mol. The van der Waals surface area contributed by atoms with E-state index >= 15 is 0 Å². The van der Waals surface area contributed by atoms with Crippen LogP contribution in [0.3, 0.4) is 0 Å². The molecule has 19 heavy (non-hydrogen) atoms. The first-order valence-corrected chi connectivity index (χ1v) is 5.31. The van der Waals surface area contributed by atoms with Crippen LogP contribution in [0.4, 0.5) is 13.2 Å². The molecule has 0 amide bonds. The number of methoxy groups -OCH3 is 2. The minimum atomic E-state index is -4.57. The van der Waals surface area contributed by atoms with Gasteiger partial charge in [0.15, 0.2) is 0 Å². The molecular formula is C12H13F3O4. The van der Waals surface area contributed by atoms with E-state index in [2.05, 4.69) is 4.74 Å². The standard InChI is InChI=1S/C12H13F3O4/c1-17-3-4-19-10-6-8(11(16)18-2)5-9(7-10)12(13,14)15/h5-7H,3-4H2,1-2H3. The highest BCUT2D eigenvalue weighted by atomic mass is 19.4. The first-order valence-electron chi connectivity index (χ1n) is 5.31. The SMILES string of the molecule is COCCOc1cc(C(=O)OC)cc(C(F)(F)F)c1. The number of carbonyl (C=O) groups excluding carboxylic acids is 1. The molecule has 0 aliphatic carbocycles. The van der Waals surface area contributed by atoms with Crippen molar-refractivity contribution in [2.24, 2.45) is 0 Å². The Morgan fingerprint density at radius 1 is 1.16 bits per heavy atom. The summed E-state index contributed by atoms with van der Waals surface area (Å²) in [5.41, 5.74) is -1.19. The molecule has 0 N–H and O–H groups in total. The molecule has 0 unspecified atom stereocenters. The fourth-order valence-corrected chi connectivity index (χ4v) is 1.32. The lowest BCUT2D eigenvalue weighted by atomic mass is 10.1. The average Bonchev–Trinajstić information content (AvgIpc) is 2.36. The Morgan fingerprint density at radius 3 is 2.37 bits per heavy atom. The van der Waals surface area contributed by atoms with Crippen LogP contribution in [0.1, 0.15) is 15.9 Å². The molecule has 0 aromatic heterocycles. The van der Waals surface area contributed by atoms with Gasteiger partial charge < -0.3 is 14.2 Å². The van der Waals surface area contributed by atoms with Crippen molar-refractivity contribution in [3.05, 3.63) is 29.3 Å². The number of carbonyl (C=O) groups is 1. The minimum Gasteiger partial charge on any atom is -0.491 e. The van der Waals surface area contributed by atoms with Gasteiger partial charge in [-0.1, -0.05) is 0 Å². The van der Waals surface area contributed by atoms with Crippen molar-refractivity contribution in [2.45, 2.75) is 6.18 Å². The summed E-state index contributed by atoms with van der Waals surface area (Å²) < 4.78 is 52.2. The van der Waals surface area contributed by atoms with Crippen LogP contribution in [0.15, 0.2) is 18.2 Å². The van der Waals surface area contributed by atoms with Crippen molar-refractivity contribution < 1.29 is 32.2 Å². The van der Waals surface area contributed by atoms with E-state index in [4.69, 9.17) is 9.47 Å². The average molecular weight is 278 g/mol. The third-order valence-corrected chi connectivity index (χ3v) is 2.21. The van der Waals surface area contributed by atoms with Gasteiger partial charge in [0.05, 0.1) is 24.8 Å². The van der Waals surface area contributed by atoms with Crippen LogP contribution >= 0.6 is 0 Å². The predicted molar refractivity (Wildman–Crippen MR) is 60.2 cm³/mol. The van der Waals surface area contributed by atoms with Crippen molar-refractivity contribution in [3.8, 4) is 5.75 Å². The number of alkyl halides is 3. The first kappa shape index (κ1) is 15.3. The van der Waals surface area contributed by atoms with Gasteiger partial charge in [-0.15, -0.1) is 0 Å². The van der Waals surface area contributed by atoms with Gasteiger partial charge in [-0.25, -0.2) is 4.79 Å². The second kappa shape index (κ2) is 6.42. The Kier molecular flexibility index (Phi) is 5.17. The van der Waals surface area contributed by atoms with E-state index < -0.39 is 17.7 Å². The van der Waals surface area contributed by atoms with Gasteiger partial charge in [0.1, 0.15) is 12.4 Å². The number of hydrogen-bond donors (Lipinski definition) is 0. The maximum absolute atomic E-state index is 12.7. The molecule has 1 rings (SSSR count). The minimum absolute atomic E-state index is 0.0627. The molecule has 0 fully saturated rings. The van der Waals surface area contributed by atoms with Gasteiger partial charge in [-0.3, -0.25) is 0 Å². The zero-order chi connectivity index (χ0) is 14.5. The lowest BCUT2D eigenvalue weighted by Gasteiger charge is -2.12. The Morgan fingerprint density at radius 2 is 1.84 bits per heavy atom. The fraction of sp³-hybridized carbons (Fsp3) is 0.417. The molecule has 1 aromatic carbocycles. The Hall–Kier alpha value is -1.76. The van der Waals surface area contributed by atoms with Gasteiger partial charge in [-0.2, -0.15) is 13.2 Å². The highest BCUT2D eigenvalue weighted by Crippen LogP contribution is 2.32. The summed E-state index contributed by atoms with van der Waals surface area (Å²) >= 11 is 0. The Balaban J connectivity index is 3.06. The van der Waals surface area contributed by atoms with Crippen molar-refractivity contribution in [1.82, 2.24) is 0 Å². The van der Waals surface area contributed by atoms with Crippen LogP contribution in [0.25, 0.3) is 0 Å². The third-order valence-electron chi connectivity index (χ3n) is 2.21. The molecule has 0 bridgehead atoms. The van der Waals surface area contributed by atoms with Crippen LogP contribution in [0.2, 0.25) is 0 Å². The zero-order valence-corrected chi connectivity index (χ0v) is 10.4. The Bertz CT molecular complexity index is 443. The number of benzene rings is 1. The molecule has 0 radical (unpaired) electrons. The normalized spacial score (nSPS) is 11.2. The number of esters is 1. The number of ether oxygens (including phenoxy) is 3. The quantitative estimate of drug-likeness (QED) is 0.613. The highest BCUT2D eigenvalue weighted by Gasteiger charge is 2.32. The zero-order valence-electron chi connectivity index (χ0n) is 10.4. The van der Waals surface area contributed by atoms with Crippen LogP contribution in [0.5, 0.6) is 5.75 Å². The van der Waals surface area contributed by atoms with Crippen molar-refractivity contribution in [2.75, 3.05) is 27.4 Å². The van der Waals surface area contributed by atoms with Gasteiger partial charge in [0.25, 0.3) is 0 Å². The lowest BCUT2D eigenvalue weighted by Crippen LogP contribution is -2.11. The van der Waals surface area contributed by atoms with Crippen LogP contribution in [0, 0.1) is 0 Å².